The number of nitrogens with one attached hydrogen (secondary N) is 1. The zero-order valence-corrected chi connectivity index (χ0v) is 14.1. The number of esters is 1. The number of carbonyl (C=O) groups is 2. The summed E-state index contributed by atoms with van der Waals surface area (Å²) >= 11 is 0. The first-order valence-corrected chi connectivity index (χ1v) is 7.68. The first-order valence-electron chi connectivity index (χ1n) is 7.68. The molecule has 1 aliphatic heterocycles. The van der Waals surface area contributed by atoms with Crippen molar-refractivity contribution in [3.63, 3.8) is 0 Å². The van der Waals surface area contributed by atoms with Gasteiger partial charge in [-0.05, 0) is 32.9 Å². The highest BCUT2D eigenvalue weighted by Crippen LogP contribution is 2.26. The Balaban J connectivity index is 2.25. The molecule has 0 bridgehead atoms. The summed E-state index contributed by atoms with van der Waals surface area (Å²) in [6.07, 6.45) is 5.32. The van der Waals surface area contributed by atoms with Gasteiger partial charge in [0.15, 0.2) is 6.04 Å². The van der Waals surface area contributed by atoms with Crippen molar-refractivity contribution in [2.24, 2.45) is 5.10 Å². The molecule has 1 atom stereocenters. The van der Waals surface area contributed by atoms with Gasteiger partial charge in [-0.25, -0.2) is 4.79 Å². The molecule has 2 rings (SSSR count). The van der Waals surface area contributed by atoms with Crippen LogP contribution in [-0.2, 0) is 14.3 Å². The summed E-state index contributed by atoms with van der Waals surface area (Å²) < 4.78 is 5.46. The Kier molecular flexibility index (Phi) is 5.24. The van der Waals surface area contributed by atoms with Gasteiger partial charge in [0.2, 0.25) is 0 Å². The van der Waals surface area contributed by atoms with E-state index in [2.05, 4.69) is 16.3 Å². The molecule has 0 radical (unpaired) electrons. The lowest BCUT2D eigenvalue weighted by Crippen LogP contribution is -2.40. The summed E-state index contributed by atoms with van der Waals surface area (Å²) in [5, 5.41) is 8.41. The van der Waals surface area contributed by atoms with E-state index in [9.17, 15) is 9.59 Å². The first kappa shape index (κ1) is 17.5. The number of hydrogen-bond donors (Lipinski definition) is 1. The Hall–Kier alpha value is -2.81. The highest BCUT2D eigenvalue weighted by Gasteiger charge is 2.38. The Labute approximate surface area is 141 Å². The van der Waals surface area contributed by atoms with Gasteiger partial charge < -0.3 is 10.1 Å². The quantitative estimate of drug-likeness (QED) is 0.675. The maximum Gasteiger partial charge on any atom is 0.331 e. The minimum atomic E-state index is -0.682. The standard InChI is InChI=1S/C18H21N3O3/c1-5-11-19-16(22)14-12-15(17(23)24-18(2,3)4)21(20-14)13-9-7-6-8-10-13/h1,6-10,15H,11-12H2,2-4H3,(H,19,22). The zero-order chi connectivity index (χ0) is 17.7. The third-order valence-corrected chi connectivity index (χ3v) is 3.22. The average molecular weight is 327 g/mol. The lowest BCUT2D eigenvalue weighted by atomic mass is 10.1. The predicted molar refractivity (Wildman–Crippen MR) is 92.4 cm³/mol. The third-order valence-electron chi connectivity index (χ3n) is 3.22. The smallest absolute Gasteiger partial charge is 0.331 e. The van der Waals surface area contributed by atoms with Gasteiger partial charge in [-0.3, -0.25) is 9.80 Å². The van der Waals surface area contributed by atoms with Crippen molar-refractivity contribution in [1.82, 2.24) is 5.32 Å². The maximum absolute atomic E-state index is 12.5. The SMILES string of the molecule is C#CCNC(=O)C1=NN(c2ccccc2)C(C(=O)OC(C)(C)C)C1. The molecule has 6 heteroatoms. The number of hydrogen-bond acceptors (Lipinski definition) is 5. The summed E-state index contributed by atoms with van der Waals surface area (Å²) in [6, 6.07) is 8.51. The summed E-state index contributed by atoms with van der Waals surface area (Å²) in [4.78, 5) is 24.6. The van der Waals surface area contributed by atoms with Crippen LogP contribution in [0.4, 0.5) is 5.69 Å². The fraction of sp³-hybridized carbons (Fsp3) is 0.389. The molecule has 0 saturated carbocycles. The molecule has 126 valence electrons. The van der Waals surface area contributed by atoms with Crippen molar-refractivity contribution in [2.75, 3.05) is 11.6 Å². The fourth-order valence-corrected chi connectivity index (χ4v) is 2.25. The van der Waals surface area contributed by atoms with Crippen LogP contribution < -0.4 is 10.3 Å². The Morgan fingerprint density at radius 1 is 1.38 bits per heavy atom. The van der Waals surface area contributed by atoms with Crippen LogP contribution in [0.25, 0.3) is 0 Å². The van der Waals surface area contributed by atoms with Crippen LogP contribution in [-0.4, -0.2) is 35.8 Å². The van der Waals surface area contributed by atoms with Gasteiger partial charge >= 0.3 is 5.97 Å². The average Bonchev–Trinajstić information content (AvgIpc) is 2.97. The molecule has 1 amide bonds. The molecular formula is C18H21N3O3. The molecule has 0 aliphatic carbocycles. The highest BCUT2D eigenvalue weighted by atomic mass is 16.6. The molecule has 1 heterocycles. The second-order valence-electron chi connectivity index (χ2n) is 6.37. The molecule has 1 N–H and O–H groups in total. The van der Waals surface area contributed by atoms with E-state index in [0.29, 0.717) is 5.69 Å². The van der Waals surface area contributed by atoms with Crippen molar-refractivity contribution in [3.8, 4) is 12.3 Å². The third kappa shape index (κ3) is 4.35. The van der Waals surface area contributed by atoms with Gasteiger partial charge in [0, 0.05) is 6.42 Å². The van der Waals surface area contributed by atoms with E-state index in [-0.39, 0.29) is 24.6 Å². The molecule has 0 fully saturated rings. The second-order valence-corrected chi connectivity index (χ2v) is 6.37. The van der Waals surface area contributed by atoms with Crippen molar-refractivity contribution < 1.29 is 14.3 Å². The van der Waals surface area contributed by atoms with Crippen molar-refractivity contribution >= 4 is 23.3 Å². The number of benzene rings is 1. The molecule has 24 heavy (non-hydrogen) atoms. The summed E-state index contributed by atoms with van der Waals surface area (Å²) in [5.41, 5.74) is 0.353. The molecule has 6 nitrogen and oxygen atoms in total. The van der Waals surface area contributed by atoms with Gasteiger partial charge in [-0.15, -0.1) is 6.42 Å². The van der Waals surface area contributed by atoms with Gasteiger partial charge in [0.05, 0.1) is 12.2 Å². The summed E-state index contributed by atoms with van der Waals surface area (Å²) in [7, 11) is 0. The van der Waals surface area contributed by atoms with Crippen LogP contribution >= 0.6 is 0 Å². The van der Waals surface area contributed by atoms with E-state index in [1.54, 1.807) is 20.8 Å². The minimum absolute atomic E-state index is 0.111. The molecule has 1 aromatic rings. The number of carbonyl (C=O) groups excluding carboxylic acids is 2. The van der Waals surface area contributed by atoms with E-state index >= 15 is 0 Å². The molecule has 1 unspecified atom stereocenters. The number of rotatable bonds is 4. The number of terminal acetylenes is 1. The van der Waals surface area contributed by atoms with Crippen LogP contribution in [0.3, 0.4) is 0 Å². The van der Waals surface area contributed by atoms with E-state index in [1.165, 1.54) is 5.01 Å². The summed E-state index contributed by atoms with van der Waals surface area (Å²) in [6.45, 7) is 5.51. The topological polar surface area (TPSA) is 71.0 Å². The van der Waals surface area contributed by atoms with E-state index < -0.39 is 17.6 Å². The Bertz CT molecular complexity index is 684. The number of hydrazone groups is 1. The molecule has 1 aliphatic rings. The molecule has 0 spiro atoms. The number of anilines is 1. The van der Waals surface area contributed by atoms with Crippen LogP contribution in [0.2, 0.25) is 0 Å². The van der Waals surface area contributed by atoms with Crippen LogP contribution in [0.15, 0.2) is 35.4 Å². The van der Waals surface area contributed by atoms with E-state index in [1.807, 2.05) is 30.3 Å². The largest absolute Gasteiger partial charge is 0.458 e. The van der Waals surface area contributed by atoms with Crippen LogP contribution in [0, 0.1) is 12.3 Å². The number of para-hydroxylation sites is 1. The van der Waals surface area contributed by atoms with Gasteiger partial charge in [0.25, 0.3) is 5.91 Å². The molecule has 1 aromatic carbocycles. The lowest BCUT2D eigenvalue weighted by molar-refractivity contribution is -0.156. The minimum Gasteiger partial charge on any atom is -0.458 e. The zero-order valence-electron chi connectivity index (χ0n) is 14.1. The van der Waals surface area contributed by atoms with Crippen molar-refractivity contribution in [2.45, 2.75) is 38.8 Å². The lowest BCUT2D eigenvalue weighted by Gasteiger charge is -2.26. The number of nitrogens with zero attached hydrogens (tertiary/aromatic N) is 2. The van der Waals surface area contributed by atoms with E-state index in [4.69, 9.17) is 11.2 Å². The molecular weight excluding hydrogens is 306 g/mol. The number of amides is 1. The predicted octanol–water partition coefficient (Wildman–Crippen LogP) is 1.71. The molecule has 0 aromatic heterocycles. The first-order chi connectivity index (χ1) is 11.3. The fourth-order valence-electron chi connectivity index (χ4n) is 2.25. The summed E-state index contributed by atoms with van der Waals surface area (Å²) in [5.74, 6) is 1.54. The van der Waals surface area contributed by atoms with Crippen molar-refractivity contribution in [1.29, 1.82) is 0 Å². The second kappa shape index (κ2) is 7.18. The normalized spacial score (nSPS) is 17.0. The highest BCUT2D eigenvalue weighted by molar-refractivity contribution is 6.40. The Morgan fingerprint density at radius 2 is 2.04 bits per heavy atom. The van der Waals surface area contributed by atoms with E-state index in [0.717, 1.165) is 0 Å². The van der Waals surface area contributed by atoms with Crippen LogP contribution in [0.5, 0.6) is 0 Å². The monoisotopic (exact) mass is 327 g/mol. The maximum atomic E-state index is 12.5. The van der Waals surface area contributed by atoms with Gasteiger partial charge in [0.1, 0.15) is 11.3 Å². The van der Waals surface area contributed by atoms with Crippen molar-refractivity contribution in [3.05, 3.63) is 30.3 Å². The molecule has 0 saturated heterocycles. The van der Waals surface area contributed by atoms with Crippen LogP contribution in [0.1, 0.15) is 27.2 Å². The van der Waals surface area contributed by atoms with Gasteiger partial charge in [-0.2, -0.15) is 5.10 Å². The number of ether oxygens (including phenoxy) is 1. The van der Waals surface area contributed by atoms with Gasteiger partial charge in [-0.1, -0.05) is 24.1 Å². The Morgan fingerprint density at radius 3 is 2.62 bits per heavy atom.